The van der Waals surface area contributed by atoms with E-state index >= 15 is 0 Å². The van der Waals surface area contributed by atoms with Gasteiger partial charge in [-0.3, -0.25) is 9.59 Å². The molecule has 2 aliphatic rings. The van der Waals surface area contributed by atoms with Crippen molar-refractivity contribution in [1.29, 1.82) is 0 Å². The number of likely N-dealkylation sites (tertiary alicyclic amines) is 1. The minimum absolute atomic E-state index is 0.0226. The van der Waals surface area contributed by atoms with Crippen LogP contribution in [-0.2, 0) is 29.1 Å². The number of rotatable bonds is 5. The molecule has 1 saturated heterocycles. The van der Waals surface area contributed by atoms with Gasteiger partial charge >= 0.3 is 0 Å². The van der Waals surface area contributed by atoms with Crippen LogP contribution in [0.15, 0.2) is 48.5 Å². The molecule has 2 aromatic carbocycles. The summed E-state index contributed by atoms with van der Waals surface area (Å²) in [5.41, 5.74) is 3.37. The highest BCUT2D eigenvalue weighted by molar-refractivity contribution is 5.90. The Hall–Kier alpha value is -2.86. The van der Waals surface area contributed by atoms with E-state index in [4.69, 9.17) is 4.74 Å². The van der Waals surface area contributed by atoms with Gasteiger partial charge in [0, 0.05) is 25.2 Å². The number of carbonyl (C=O) groups is 2. The monoisotopic (exact) mass is 393 g/mol. The number of methoxy groups -OCH3 is 1. The van der Waals surface area contributed by atoms with Gasteiger partial charge in [0.05, 0.1) is 13.2 Å². The van der Waals surface area contributed by atoms with Gasteiger partial charge in [-0.15, -0.1) is 0 Å². The summed E-state index contributed by atoms with van der Waals surface area (Å²) in [6.07, 6.45) is 2.22. The zero-order chi connectivity index (χ0) is 20.2. The molecular weight excluding hydrogens is 366 g/mol. The van der Waals surface area contributed by atoms with Crippen molar-refractivity contribution in [3.05, 3.63) is 65.2 Å². The molecule has 152 valence electrons. The number of hydrogen-bond donors (Lipinski definition) is 2. The van der Waals surface area contributed by atoms with E-state index in [0.29, 0.717) is 32.5 Å². The average Bonchev–Trinajstić information content (AvgIpc) is 3.27. The predicted molar refractivity (Wildman–Crippen MR) is 110 cm³/mol. The van der Waals surface area contributed by atoms with Crippen molar-refractivity contribution in [3.63, 3.8) is 0 Å². The van der Waals surface area contributed by atoms with Crippen molar-refractivity contribution in [2.24, 2.45) is 0 Å². The van der Waals surface area contributed by atoms with Gasteiger partial charge in [-0.05, 0) is 36.5 Å². The van der Waals surface area contributed by atoms with Crippen molar-refractivity contribution in [1.82, 2.24) is 15.5 Å². The molecule has 0 saturated carbocycles. The maximum Gasteiger partial charge on any atom is 0.243 e. The second kappa shape index (κ2) is 8.66. The molecule has 2 aliphatic heterocycles. The van der Waals surface area contributed by atoms with Gasteiger partial charge in [-0.25, -0.2) is 0 Å². The first-order valence-corrected chi connectivity index (χ1v) is 10.2. The number of nitrogens with one attached hydrogen (secondary N) is 2. The molecule has 2 aromatic rings. The van der Waals surface area contributed by atoms with Crippen molar-refractivity contribution >= 4 is 11.8 Å². The number of ether oxygens (including phenoxy) is 1. The fourth-order valence-electron chi connectivity index (χ4n) is 4.28. The smallest absolute Gasteiger partial charge is 0.243 e. The van der Waals surface area contributed by atoms with Gasteiger partial charge in [-0.2, -0.15) is 0 Å². The zero-order valence-electron chi connectivity index (χ0n) is 16.7. The summed E-state index contributed by atoms with van der Waals surface area (Å²) in [6, 6.07) is 15.1. The van der Waals surface area contributed by atoms with Crippen LogP contribution in [0.3, 0.4) is 0 Å². The highest BCUT2D eigenvalue weighted by Gasteiger charge is 2.37. The number of fused-ring (bicyclic) bond motifs is 1. The van der Waals surface area contributed by atoms with E-state index in [1.807, 2.05) is 36.4 Å². The zero-order valence-corrected chi connectivity index (χ0v) is 16.7. The summed E-state index contributed by atoms with van der Waals surface area (Å²) in [5, 5.41) is 6.33. The third-order valence-corrected chi connectivity index (χ3v) is 5.86. The molecule has 4 rings (SSSR count). The second-order valence-electron chi connectivity index (χ2n) is 7.63. The minimum atomic E-state index is -0.406. The number of nitrogens with zero attached hydrogens (tertiary/aromatic N) is 1. The Morgan fingerprint density at radius 3 is 2.72 bits per heavy atom. The SMILES string of the molecule is COc1ccccc1CNC(=O)[C@H]1CCCN1C(=O)[C@H]1Cc2ccccc2CN1. The van der Waals surface area contributed by atoms with Crippen molar-refractivity contribution in [3.8, 4) is 5.75 Å². The molecule has 1 fully saturated rings. The molecule has 2 N–H and O–H groups in total. The summed E-state index contributed by atoms with van der Waals surface area (Å²) >= 11 is 0. The maximum atomic E-state index is 13.2. The number of carbonyl (C=O) groups excluding carboxylic acids is 2. The van der Waals surface area contributed by atoms with Crippen LogP contribution < -0.4 is 15.4 Å². The highest BCUT2D eigenvalue weighted by atomic mass is 16.5. The lowest BCUT2D eigenvalue weighted by atomic mass is 9.95. The van der Waals surface area contributed by atoms with Crippen LogP contribution in [0, 0.1) is 0 Å². The fourth-order valence-corrected chi connectivity index (χ4v) is 4.28. The Morgan fingerprint density at radius 2 is 1.90 bits per heavy atom. The summed E-state index contributed by atoms with van der Waals surface area (Å²) in [7, 11) is 1.62. The van der Waals surface area contributed by atoms with E-state index in [9.17, 15) is 9.59 Å². The van der Waals surface area contributed by atoms with Crippen LogP contribution in [0.4, 0.5) is 0 Å². The molecule has 0 unspecified atom stereocenters. The van der Waals surface area contributed by atoms with Crippen LogP contribution in [0.1, 0.15) is 29.5 Å². The topological polar surface area (TPSA) is 70.7 Å². The number of amides is 2. The summed E-state index contributed by atoms with van der Waals surface area (Å²) in [6.45, 7) is 1.70. The Bertz CT molecular complexity index is 898. The molecule has 6 nitrogen and oxygen atoms in total. The molecule has 0 radical (unpaired) electrons. The van der Waals surface area contributed by atoms with E-state index in [1.165, 1.54) is 11.1 Å². The van der Waals surface area contributed by atoms with Gasteiger partial charge in [0.25, 0.3) is 0 Å². The van der Waals surface area contributed by atoms with E-state index in [2.05, 4.69) is 22.8 Å². The molecular formula is C23H27N3O3. The molecule has 2 amide bonds. The largest absolute Gasteiger partial charge is 0.496 e. The third kappa shape index (κ3) is 4.12. The van der Waals surface area contributed by atoms with Crippen LogP contribution in [0.2, 0.25) is 0 Å². The molecule has 0 aromatic heterocycles. The van der Waals surface area contributed by atoms with Crippen molar-refractivity contribution < 1.29 is 14.3 Å². The lowest BCUT2D eigenvalue weighted by Gasteiger charge is -2.31. The molecule has 2 heterocycles. The molecule has 2 atom stereocenters. The van der Waals surface area contributed by atoms with Crippen LogP contribution >= 0.6 is 0 Å². The summed E-state index contributed by atoms with van der Waals surface area (Å²) in [4.78, 5) is 27.8. The quantitative estimate of drug-likeness (QED) is 0.815. The van der Waals surface area contributed by atoms with E-state index in [1.54, 1.807) is 12.0 Å². The fraction of sp³-hybridized carbons (Fsp3) is 0.391. The highest BCUT2D eigenvalue weighted by Crippen LogP contribution is 2.23. The molecule has 0 spiro atoms. The standard InChI is InChI=1S/C23H27N3O3/c1-29-21-11-5-4-9-18(21)15-25-22(27)20-10-6-12-26(20)23(28)19-13-16-7-2-3-8-17(16)14-24-19/h2-5,7-9,11,19-20,24H,6,10,12-15H2,1H3,(H,25,27)/t19-,20-/m1/s1. The summed E-state index contributed by atoms with van der Waals surface area (Å²) < 4.78 is 5.35. The minimum Gasteiger partial charge on any atom is -0.496 e. The van der Waals surface area contributed by atoms with Gasteiger partial charge in [-0.1, -0.05) is 42.5 Å². The van der Waals surface area contributed by atoms with Crippen molar-refractivity contribution in [2.45, 2.75) is 44.4 Å². The first kappa shape index (κ1) is 19.5. The summed E-state index contributed by atoms with van der Waals surface area (Å²) in [5.74, 6) is 0.671. The normalized spacial score (nSPS) is 20.8. The van der Waals surface area contributed by atoms with Crippen LogP contribution in [0.5, 0.6) is 5.75 Å². The molecule has 29 heavy (non-hydrogen) atoms. The van der Waals surface area contributed by atoms with Gasteiger partial charge < -0.3 is 20.3 Å². The first-order chi connectivity index (χ1) is 14.2. The predicted octanol–water partition coefficient (Wildman–Crippen LogP) is 2.02. The van der Waals surface area contributed by atoms with Crippen molar-refractivity contribution in [2.75, 3.05) is 13.7 Å². The lowest BCUT2D eigenvalue weighted by Crippen LogP contribution is -2.54. The Morgan fingerprint density at radius 1 is 1.14 bits per heavy atom. The molecule has 0 bridgehead atoms. The van der Waals surface area contributed by atoms with Crippen LogP contribution in [-0.4, -0.2) is 42.5 Å². The number of hydrogen-bond acceptors (Lipinski definition) is 4. The second-order valence-corrected chi connectivity index (χ2v) is 7.63. The van der Waals surface area contributed by atoms with Crippen LogP contribution in [0.25, 0.3) is 0 Å². The van der Waals surface area contributed by atoms with E-state index < -0.39 is 6.04 Å². The average molecular weight is 393 g/mol. The molecule has 6 heteroatoms. The lowest BCUT2D eigenvalue weighted by molar-refractivity contribution is -0.140. The van der Waals surface area contributed by atoms with Gasteiger partial charge in [0.2, 0.25) is 11.8 Å². The van der Waals surface area contributed by atoms with Gasteiger partial charge in [0.15, 0.2) is 0 Å². The molecule has 0 aliphatic carbocycles. The number of benzene rings is 2. The first-order valence-electron chi connectivity index (χ1n) is 10.2. The van der Waals surface area contributed by atoms with E-state index in [-0.39, 0.29) is 17.9 Å². The Labute approximate surface area is 171 Å². The third-order valence-electron chi connectivity index (χ3n) is 5.86. The maximum absolute atomic E-state index is 13.2. The Kier molecular flexibility index (Phi) is 5.81. The Balaban J connectivity index is 1.39. The number of para-hydroxylation sites is 1. The van der Waals surface area contributed by atoms with Gasteiger partial charge in [0.1, 0.15) is 11.8 Å². The van der Waals surface area contributed by atoms with E-state index in [0.717, 1.165) is 17.7 Å².